The van der Waals surface area contributed by atoms with E-state index >= 15 is 0 Å². The van der Waals surface area contributed by atoms with Crippen LogP contribution < -0.4 is 10.2 Å². The van der Waals surface area contributed by atoms with Gasteiger partial charge in [-0.3, -0.25) is 19.7 Å². The second kappa shape index (κ2) is 10.5. The quantitative estimate of drug-likeness (QED) is 0.357. The fourth-order valence-electron chi connectivity index (χ4n) is 3.05. The first kappa shape index (κ1) is 22.9. The summed E-state index contributed by atoms with van der Waals surface area (Å²) in [6.07, 6.45) is 0.218. The van der Waals surface area contributed by atoms with Crippen LogP contribution in [0.5, 0.6) is 0 Å². The van der Waals surface area contributed by atoms with E-state index < -0.39 is 4.92 Å². The molecular weight excluding hydrogens is 440 g/mol. The number of hydrogen-bond acceptors (Lipinski definition) is 9. The number of carbonyl (C=O) groups is 2. The molecule has 12 heteroatoms. The maximum Gasteiger partial charge on any atom is 0.269 e. The molecule has 1 aromatic carbocycles. The van der Waals surface area contributed by atoms with Crippen LogP contribution in [-0.2, 0) is 16.0 Å². The van der Waals surface area contributed by atoms with Crippen molar-refractivity contribution in [1.82, 2.24) is 20.4 Å². The average Bonchev–Trinajstić information content (AvgIpc) is 3.21. The van der Waals surface area contributed by atoms with Gasteiger partial charge in [0.2, 0.25) is 16.9 Å². The Morgan fingerprint density at radius 2 is 1.87 bits per heavy atom. The summed E-state index contributed by atoms with van der Waals surface area (Å²) < 4.78 is 0.741. The van der Waals surface area contributed by atoms with Crippen molar-refractivity contribution < 1.29 is 14.5 Å². The number of piperazine rings is 1. The van der Waals surface area contributed by atoms with Gasteiger partial charge in [-0.25, -0.2) is 0 Å². The van der Waals surface area contributed by atoms with Gasteiger partial charge in [0.25, 0.3) is 5.69 Å². The molecule has 1 fully saturated rings. The SMILES string of the molecule is CC(C)NC(=O)CSc1nnc(N2CCN(C(=O)Cc3ccc([N+](=O)[O-])cc3)CC2)s1. The first-order chi connectivity index (χ1) is 14.8. The Hall–Kier alpha value is -2.73. The highest BCUT2D eigenvalue weighted by atomic mass is 32.2. The Morgan fingerprint density at radius 3 is 2.48 bits per heavy atom. The smallest absolute Gasteiger partial charge is 0.269 e. The van der Waals surface area contributed by atoms with E-state index in [1.165, 1.54) is 35.2 Å². The lowest BCUT2D eigenvalue weighted by Gasteiger charge is -2.34. The number of nitrogens with zero attached hydrogens (tertiary/aromatic N) is 5. The van der Waals surface area contributed by atoms with Crippen LogP contribution in [0.4, 0.5) is 10.8 Å². The van der Waals surface area contributed by atoms with Gasteiger partial charge in [0.1, 0.15) is 0 Å². The summed E-state index contributed by atoms with van der Waals surface area (Å²) in [5.41, 5.74) is 0.769. The minimum Gasteiger partial charge on any atom is -0.353 e. The number of hydrogen-bond donors (Lipinski definition) is 1. The van der Waals surface area contributed by atoms with Crippen LogP contribution in [0.2, 0.25) is 0 Å². The van der Waals surface area contributed by atoms with Crippen molar-refractivity contribution in [3.05, 3.63) is 39.9 Å². The van der Waals surface area contributed by atoms with Crippen LogP contribution in [0.1, 0.15) is 19.4 Å². The third-order valence-electron chi connectivity index (χ3n) is 4.58. The molecule has 0 unspecified atom stereocenters. The van der Waals surface area contributed by atoms with Crippen molar-refractivity contribution in [2.45, 2.75) is 30.6 Å². The normalized spacial score (nSPS) is 14.0. The number of anilines is 1. The van der Waals surface area contributed by atoms with Crippen LogP contribution in [0.3, 0.4) is 0 Å². The Bertz CT molecular complexity index is 926. The molecule has 0 bridgehead atoms. The molecule has 31 heavy (non-hydrogen) atoms. The van der Waals surface area contributed by atoms with Gasteiger partial charge in [-0.2, -0.15) is 0 Å². The van der Waals surface area contributed by atoms with Crippen LogP contribution in [-0.4, -0.2) is 69.8 Å². The van der Waals surface area contributed by atoms with Crippen molar-refractivity contribution in [2.24, 2.45) is 0 Å². The molecule has 2 heterocycles. The van der Waals surface area contributed by atoms with Crippen LogP contribution >= 0.6 is 23.1 Å². The lowest BCUT2D eigenvalue weighted by atomic mass is 10.1. The molecule has 166 valence electrons. The molecule has 2 aromatic rings. The summed E-state index contributed by atoms with van der Waals surface area (Å²) in [4.78, 5) is 38.5. The largest absolute Gasteiger partial charge is 0.353 e. The molecular formula is C19H24N6O4S2. The zero-order valence-corrected chi connectivity index (χ0v) is 18.9. The average molecular weight is 465 g/mol. The third kappa shape index (κ3) is 6.62. The number of benzene rings is 1. The van der Waals surface area contributed by atoms with E-state index in [-0.39, 0.29) is 30.0 Å². The summed E-state index contributed by atoms with van der Waals surface area (Å²) in [5.74, 6) is 0.271. The van der Waals surface area contributed by atoms with E-state index in [0.717, 1.165) is 15.0 Å². The van der Waals surface area contributed by atoms with E-state index in [1.807, 2.05) is 13.8 Å². The molecule has 1 aliphatic heterocycles. The summed E-state index contributed by atoms with van der Waals surface area (Å²) in [7, 11) is 0. The van der Waals surface area contributed by atoms with Gasteiger partial charge in [0.05, 0.1) is 17.1 Å². The molecule has 1 aliphatic rings. The minimum absolute atomic E-state index is 0.00169. The van der Waals surface area contributed by atoms with E-state index in [0.29, 0.717) is 31.9 Å². The molecule has 2 amide bonds. The lowest BCUT2D eigenvalue weighted by molar-refractivity contribution is -0.384. The van der Waals surface area contributed by atoms with E-state index in [9.17, 15) is 19.7 Å². The number of nitrogens with one attached hydrogen (secondary N) is 1. The number of nitro groups is 1. The van der Waals surface area contributed by atoms with Crippen molar-refractivity contribution in [1.29, 1.82) is 0 Å². The molecule has 1 aromatic heterocycles. The zero-order valence-electron chi connectivity index (χ0n) is 17.3. The molecule has 0 aliphatic carbocycles. The second-order valence-corrected chi connectivity index (χ2v) is 9.51. The molecule has 0 radical (unpaired) electrons. The summed E-state index contributed by atoms with van der Waals surface area (Å²) >= 11 is 2.81. The highest BCUT2D eigenvalue weighted by Gasteiger charge is 2.23. The van der Waals surface area contributed by atoms with Crippen molar-refractivity contribution >= 4 is 45.7 Å². The van der Waals surface area contributed by atoms with Gasteiger partial charge < -0.3 is 15.1 Å². The third-order valence-corrected chi connectivity index (χ3v) is 6.69. The van der Waals surface area contributed by atoms with Crippen LogP contribution in [0, 0.1) is 10.1 Å². The van der Waals surface area contributed by atoms with E-state index in [2.05, 4.69) is 20.4 Å². The lowest BCUT2D eigenvalue weighted by Crippen LogP contribution is -2.49. The fraction of sp³-hybridized carbons (Fsp3) is 0.474. The number of carbonyl (C=O) groups excluding carboxylic acids is 2. The maximum absolute atomic E-state index is 12.6. The minimum atomic E-state index is -0.456. The molecule has 0 atom stereocenters. The first-order valence-electron chi connectivity index (χ1n) is 9.83. The first-order valence-corrected chi connectivity index (χ1v) is 11.6. The van der Waals surface area contributed by atoms with E-state index in [1.54, 1.807) is 17.0 Å². The van der Waals surface area contributed by atoms with E-state index in [4.69, 9.17) is 0 Å². The number of non-ortho nitro benzene ring substituents is 1. The van der Waals surface area contributed by atoms with Gasteiger partial charge in [-0.1, -0.05) is 35.2 Å². The molecule has 0 spiro atoms. The number of amides is 2. The molecule has 0 saturated carbocycles. The van der Waals surface area contributed by atoms with Crippen molar-refractivity contribution in [3.63, 3.8) is 0 Å². The Kier molecular flexibility index (Phi) is 7.80. The summed E-state index contributed by atoms with van der Waals surface area (Å²) in [6.45, 7) is 6.29. The van der Waals surface area contributed by atoms with Crippen molar-refractivity contribution in [3.8, 4) is 0 Å². The standard InChI is InChI=1S/C19H24N6O4S2/c1-13(2)20-16(26)12-30-19-22-21-18(31-19)24-9-7-23(8-10-24)17(27)11-14-3-5-15(6-4-14)25(28)29/h3-6,13H,7-12H2,1-2H3,(H,20,26). The maximum atomic E-state index is 12.6. The van der Waals surface area contributed by atoms with Crippen molar-refractivity contribution in [2.75, 3.05) is 36.8 Å². The Labute approximate surface area is 188 Å². The number of aromatic nitrogens is 2. The Balaban J connectivity index is 1.46. The van der Waals surface area contributed by atoms with Crippen LogP contribution in [0.15, 0.2) is 28.6 Å². The number of nitro benzene ring substituents is 1. The highest BCUT2D eigenvalue weighted by Crippen LogP contribution is 2.28. The molecule has 3 rings (SSSR count). The van der Waals surface area contributed by atoms with Gasteiger partial charge in [-0.15, -0.1) is 10.2 Å². The van der Waals surface area contributed by atoms with Gasteiger partial charge in [0.15, 0.2) is 4.34 Å². The van der Waals surface area contributed by atoms with Crippen LogP contribution in [0.25, 0.3) is 0 Å². The predicted octanol–water partition coefficient (Wildman–Crippen LogP) is 1.95. The Morgan fingerprint density at radius 1 is 1.19 bits per heavy atom. The molecule has 10 nitrogen and oxygen atoms in total. The monoisotopic (exact) mass is 464 g/mol. The molecule has 1 saturated heterocycles. The second-order valence-electron chi connectivity index (χ2n) is 7.33. The molecule has 1 N–H and O–H groups in total. The summed E-state index contributed by atoms with van der Waals surface area (Å²) in [6, 6.07) is 6.18. The van der Waals surface area contributed by atoms with Gasteiger partial charge in [0, 0.05) is 44.4 Å². The number of thioether (sulfide) groups is 1. The fourth-order valence-corrected chi connectivity index (χ4v) is 4.75. The zero-order chi connectivity index (χ0) is 22.4. The van der Waals surface area contributed by atoms with Gasteiger partial charge >= 0.3 is 0 Å². The topological polar surface area (TPSA) is 122 Å². The highest BCUT2D eigenvalue weighted by molar-refractivity contribution is 8.01. The summed E-state index contributed by atoms with van der Waals surface area (Å²) in [5, 5.41) is 22.7. The van der Waals surface area contributed by atoms with Gasteiger partial charge in [-0.05, 0) is 19.4 Å². The number of rotatable bonds is 8. The predicted molar refractivity (Wildman–Crippen MR) is 120 cm³/mol.